The average Bonchev–Trinajstić information content (AvgIpc) is 2.08. The van der Waals surface area contributed by atoms with Crippen molar-refractivity contribution in [3.05, 3.63) is 12.2 Å². The van der Waals surface area contributed by atoms with Gasteiger partial charge in [-0.2, -0.15) is 0 Å². The van der Waals surface area contributed by atoms with Crippen molar-refractivity contribution >= 4 is 5.96 Å². The number of guanidine groups is 1. The fourth-order valence-electron chi connectivity index (χ4n) is 1.99. The Balaban J connectivity index is 2.89. The largest absolute Gasteiger partial charge is 0.383 e. The summed E-state index contributed by atoms with van der Waals surface area (Å²) in [6.45, 7) is 5.63. The lowest BCUT2D eigenvalue weighted by Gasteiger charge is -2.38. The lowest BCUT2D eigenvalue weighted by molar-refractivity contribution is 0.0216. The van der Waals surface area contributed by atoms with Crippen LogP contribution in [-0.4, -0.2) is 22.7 Å². The van der Waals surface area contributed by atoms with Crippen LogP contribution in [0.3, 0.4) is 0 Å². The second-order valence-corrected chi connectivity index (χ2v) is 4.02. The van der Waals surface area contributed by atoms with Crippen LogP contribution in [0.4, 0.5) is 0 Å². The predicted molar refractivity (Wildman–Crippen MR) is 57.8 cm³/mol. The molecule has 2 unspecified atom stereocenters. The molecule has 0 saturated heterocycles. The van der Waals surface area contributed by atoms with Crippen LogP contribution >= 0.6 is 0 Å². The number of nitrogens with zero attached hydrogens (tertiary/aromatic N) is 1. The van der Waals surface area contributed by atoms with Crippen molar-refractivity contribution in [2.24, 2.45) is 16.5 Å². The predicted octanol–water partition coefficient (Wildman–Crippen LogP) is 0.510. The first kappa shape index (κ1) is 11.0. The Hall–Kier alpha value is -1.03. The molecule has 2 atom stereocenters. The smallest absolute Gasteiger partial charge is 0.186 e. The number of nitrogens with two attached hydrogens (primary N) is 2. The van der Waals surface area contributed by atoms with E-state index in [9.17, 15) is 5.11 Å². The molecule has 14 heavy (non-hydrogen) atoms. The molecule has 0 spiro atoms. The Morgan fingerprint density at radius 1 is 1.50 bits per heavy atom. The Bertz CT molecular complexity index is 258. The fraction of sp³-hybridized carbons (Fsp3) is 0.700. The maximum Gasteiger partial charge on any atom is 0.186 e. The van der Waals surface area contributed by atoms with Crippen LogP contribution in [0.25, 0.3) is 0 Å². The van der Waals surface area contributed by atoms with E-state index in [4.69, 9.17) is 11.5 Å². The van der Waals surface area contributed by atoms with Crippen LogP contribution in [0.15, 0.2) is 17.1 Å². The molecule has 1 rings (SSSR count). The molecule has 1 fully saturated rings. The lowest BCUT2D eigenvalue weighted by atomic mass is 9.76. The Kier molecular flexibility index (Phi) is 3.16. The SMILES string of the molecule is C=C(C)C1(O)CCCCC1N=C(N)N. The Morgan fingerprint density at radius 2 is 2.14 bits per heavy atom. The van der Waals surface area contributed by atoms with Gasteiger partial charge in [-0.3, -0.25) is 0 Å². The fourth-order valence-corrected chi connectivity index (χ4v) is 1.99. The van der Waals surface area contributed by atoms with Crippen molar-refractivity contribution in [1.82, 2.24) is 0 Å². The summed E-state index contributed by atoms with van der Waals surface area (Å²) < 4.78 is 0. The highest BCUT2D eigenvalue weighted by Crippen LogP contribution is 2.35. The molecule has 5 N–H and O–H groups in total. The maximum absolute atomic E-state index is 10.3. The van der Waals surface area contributed by atoms with Gasteiger partial charge >= 0.3 is 0 Å². The van der Waals surface area contributed by atoms with Gasteiger partial charge in [0, 0.05) is 0 Å². The Labute approximate surface area is 84.7 Å². The van der Waals surface area contributed by atoms with Gasteiger partial charge < -0.3 is 16.6 Å². The first-order valence-electron chi connectivity index (χ1n) is 4.94. The van der Waals surface area contributed by atoms with Gasteiger partial charge in [-0.1, -0.05) is 19.4 Å². The molecule has 1 aliphatic carbocycles. The first-order chi connectivity index (χ1) is 6.47. The van der Waals surface area contributed by atoms with Gasteiger partial charge in [0.05, 0.1) is 6.04 Å². The first-order valence-corrected chi connectivity index (χ1v) is 4.94. The van der Waals surface area contributed by atoms with Crippen LogP contribution in [0.1, 0.15) is 32.6 Å². The highest BCUT2D eigenvalue weighted by Gasteiger charge is 2.39. The molecule has 0 aliphatic heterocycles. The normalized spacial score (nSPS) is 32.3. The molecule has 80 valence electrons. The number of rotatable bonds is 2. The van der Waals surface area contributed by atoms with Crippen LogP contribution in [0.5, 0.6) is 0 Å². The zero-order valence-corrected chi connectivity index (χ0v) is 8.66. The summed E-state index contributed by atoms with van der Waals surface area (Å²) in [7, 11) is 0. The molecule has 1 saturated carbocycles. The van der Waals surface area contributed by atoms with Gasteiger partial charge in [0.2, 0.25) is 0 Å². The number of hydrogen-bond donors (Lipinski definition) is 3. The van der Waals surface area contributed by atoms with E-state index in [1.807, 2.05) is 6.92 Å². The van der Waals surface area contributed by atoms with Gasteiger partial charge in [-0.25, -0.2) is 4.99 Å². The minimum Gasteiger partial charge on any atom is -0.383 e. The summed E-state index contributed by atoms with van der Waals surface area (Å²) in [5.41, 5.74) is 10.5. The summed E-state index contributed by atoms with van der Waals surface area (Å²) in [5.74, 6) is 0.0385. The second kappa shape index (κ2) is 4.00. The van der Waals surface area contributed by atoms with E-state index >= 15 is 0 Å². The minimum absolute atomic E-state index is 0.0385. The number of aliphatic imine (C=N–C) groups is 1. The van der Waals surface area contributed by atoms with Crippen LogP contribution in [0.2, 0.25) is 0 Å². The van der Waals surface area contributed by atoms with E-state index in [0.717, 1.165) is 24.8 Å². The number of aliphatic hydroxyl groups is 1. The van der Waals surface area contributed by atoms with Gasteiger partial charge in [0.15, 0.2) is 5.96 Å². The van der Waals surface area contributed by atoms with Gasteiger partial charge in [-0.15, -0.1) is 0 Å². The van der Waals surface area contributed by atoms with Crippen molar-refractivity contribution in [2.75, 3.05) is 0 Å². The van der Waals surface area contributed by atoms with Crippen molar-refractivity contribution < 1.29 is 5.11 Å². The summed E-state index contributed by atoms with van der Waals surface area (Å²) in [6, 6.07) is -0.223. The molecule has 0 amide bonds. The zero-order valence-electron chi connectivity index (χ0n) is 8.66. The van der Waals surface area contributed by atoms with Crippen molar-refractivity contribution in [2.45, 2.75) is 44.2 Å². The molecule has 0 aromatic rings. The third-order valence-electron chi connectivity index (χ3n) is 2.88. The molecule has 0 bridgehead atoms. The van der Waals surface area contributed by atoms with E-state index in [0.29, 0.717) is 6.42 Å². The lowest BCUT2D eigenvalue weighted by Crippen LogP contribution is -2.46. The van der Waals surface area contributed by atoms with E-state index in [-0.39, 0.29) is 12.0 Å². The minimum atomic E-state index is -0.914. The average molecular weight is 197 g/mol. The highest BCUT2D eigenvalue weighted by molar-refractivity contribution is 5.76. The molecule has 0 aromatic carbocycles. The summed E-state index contributed by atoms with van der Waals surface area (Å²) >= 11 is 0. The van der Waals surface area contributed by atoms with E-state index in [1.54, 1.807) is 0 Å². The van der Waals surface area contributed by atoms with Crippen molar-refractivity contribution in [1.29, 1.82) is 0 Å². The van der Waals surface area contributed by atoms with E-state index in [2.05, 4.69) is 11.6 Å². The van der Waals surface area contributed by atoms with Crippen LogP contribution in [0, 0.1) is 0 Å². The third kappa shape index (κ3) is 2.07. The van der Waals surface area contributed by atoms with Gasteiger partial charge in [-0.05, 0) is 25.3 Å². The topological polar surface area (TPSA) is 84.6 Å². The maximum atomic E-state index is 10.3. The molecule has 0 aromatic heterocycles. The highest BCUT2D eigenvalue weighted by atomic mass is 16.3. The quantitative estimate of drug-likeness (QED) is 0.342. The standard InChI is InChI=1S/C10H19N3O/c1-7(2)10(14)6-4-3-5-8(10)13-9(11)12/h8,14H,1,3-6H2,2H3,(H4,11,12,13). The zero-order chi connectivity index (χ0) is 10.8. The second-order valence-electron chi connectivity index (χ2n) is 4.02. The summed E-state index contributed by atoms with van der Waals surface area (Å²) in [5, 5.41) is 10.3. The summed E-state index contributed by atoms with van der Waals surface area (Å²) in [4.78, 5) is 4.07. The van der Waals surface area contributed by atoms with Crippen LogP contribution in [-0.2, 0) is 0 Å². The van der Waals surface area contributed by atoms with Gasteiger partial charge in [0.25, 0.3) is 0 Å². The molecule has 0 heterocycles. The van der Waals surface area contributed by atoms with Crippen LogP contribution < -0.4 is 11.5 Å². The molecule has 4 nitrogen and oxygen atoms in total. The molecular formula is C10H19N3O. The summed E-state index contributed by atoms with van der Waals surface area (Å²) in [6.07, 6.45) is 3.57. The van der Waals surface area contributed by atoms with E-state index in [1.165, 1.54) is 0 Å². The monoisotopic (exact) mass is 197 g/mol. The molecular weight excluding hydrogens is 178 g/mol. The number of hydrogen-bond acceptors (Lipinski definition) is 2. The molecule has 0 radical (unpaired) electrons. The van der Waals surface area contributed by atoms with Gasteiger partial charge in [0.1, 0.15) is 5.60 Å². The molecule has 1 aliphatic rings. The van der Waals surface area contributed by atoms with Crippen molar-refractivity contribution in [3.63, 3.8) is 0 Å². The third-order valence-corrected chi connectivity index (χ3v) is 2.88. The molecule has 4 heteroatoms. The van der Waals surface area contributed by atoms with Crippen molar-refractivity contribution in [3.8, 4) is 0 Å². The van der Waals surface area contributed by atoms with E-state index < -0.39 is 5.60 Å². The Morgan fingerprint density at radius 3 is 2.64 bits per heavy atom.